The standard InChI is InChI=1S/C20H25N3O5S2/c1-14(2)23-20(24)18(19(30(23,27)28)16-6-4-3-5-7-16)22-13-12-15-8-10-17(11-9-15)29(21,25)26/h3-11,14,19,27-28H,12-13H2,1-2H3,(H2,21,25,26). The minimum Gasteiger partial charge on any atom is -0.281 e. The Hall–Kier alpha value is -2.24. The molecule has 0 spiro atoms. The van der Waals surface area contributed by atoms with Gasteiger partial charge in [-0.2, -0.15) is 0 Å². The van der Waals surface area contributed by atoms with Crippen molar-refractivity contribution in [2.75, 3.05) is 6.54 Å². The van der Waals surface area contributed by atoms with Crippen molar-refractivity contribution in [1.29, 1.82) is 0 Å². The molecule has 0 saturated carbocycles. The zero-order chi connectivity index (χ0) is 22.1. The van der Waals surface area contributed by atoms with Gasteiger partial charge in [-0.25, -0.2) is 17.9 Å². The lowest BCUT2D eigenvalue weighted by molar-refractivity contribution is -0.120. The summed E-state index contributed by atoms with van der Waals surface area (Å²) >= 11 is 0. The first kappa shape index (κ1) is 22.4. The molecule has 0 radical (unpaired) electrons. The zero-order valence-electron chi connectivity index (χ0n) is 16.7. The van der Waals surface area contributed by atoms with Crippen LogP contribution in [0.1, 0.15) is 30.2 Å². The second kappa shape index (κ2) is 8.48. The molecule has 30 heavy (non-hydrogen) atoms. The molecule has 0 bridgehead atoms. The van der Waals surface area contributed by atoms with Crippen LogP contribution in [0.15, 0.2) is 64.5 Å². The number of benzene rings is 2. The van der Waals surface area contributed by atoms with E-state index in [1.807, 2.05) is 6.07 Å². The summed E-state index contributed by atoms with van der Waals surface area (Å²) < 4.78 is 45.6. The Morgan fingerprint density at radius 3 is 2.23 bits per heavy atom. The van der Waals surface area contributed by atoms with E-state index in [0.717, 1.165) is 9.87 Å². The Kier molecular flexibility index (Phi) is 6.34. The topological polar surface area (TPSA) is 133 Å². The van der Waals surface area contributed by atoms with Crippen molar-refractivity contribution < 1.29 is 22.3 Å². The van der Waals surface area contributed by atoms with Gasteiger partial charge in [-0.05, 0) is 43.5 Å². The number of amides is 1. The molecule has 1 saturated heterocycles. The van der Waals surface area contributed by atoms with Gasteiger partial charge in [0.15, 0.2) is 0 Å². The predicted octanol–water partition coefficient (Wildman–Crippen LogP) is 2.98. The van der Waals surface area contributed by atoms with Gasteiger partial charge < -0.3 is 0 Å². The molecule has 1 aliphatic rings. The Balaban J connectivity index is 1.88. The second-order valence-electron chi connectivity index (χ2n) is 7.28. The molecular formula is C20H25N3O5S2. The van der Waals surface area contributed by atoms with Crippen molar-refractivity contribution in [2.45, 2.75) is 36.5 Å². The first-order chi connectivity index (χ1) is 14.0. The zero-order valence-corrected chi connectivity index (χ0v) is 18.3. The summed E-state index contributed by atoms with van der Waals surface area (Å²) in [6, 6.07) is 14.6. The number of aliphatic imine (C=N–C) groups is 1. The summed E-state index contributed by atoms with van der Waals surface area (Å²) in [5.74, 6) is -0.483. The van der Waals surface area contributed by atoms with Crippen LogP contribution in [0.25, 0.3) is 0 Å². The Morgan fingerprint density at radius 1 is 1.10 bits per heavy atom. The van der Waals surface area contributed by atoms with Crippen LogP contribution < -0.4 is 5.14 Å². The molecule has 1 unspecified atom stereocenters. The minimum atomic E-state index is -3.76. The van der Waals surface area contributed by atoms with Crippen LogP contribution in [-0.4, -0.2) is 46.0 Å². The van der Waals surface area contributed by atoms with Gasteiger partial charge in [0.05, 0.1) is 4.90 Å². The van der Waals surface area contributed by atoms with E-state index in [4.69, 9.17) is 5.14 Å². The van der Waals surface area contributed by atoms with E-state index in [1.54, 1.807) is 50.2 Å². The second-order valence-corrected chi connectivity index (χ2v) is 10.8. The number of nitrogens with two attached hydrogens (primary N) is 1. The van der Waals surface area contributed by atoms with E-state index in [1.165, 1.54) is 12.1 Å². The monoisotopic (exact) mass is 451 g/mol. The highest BCUT2D eigenvalue weighted by Crippen LogP contribution is 2.62. The number of hydrogen-bond acceptors (Lipinski definition) is 6. The molecule has 1 amide bonds. The predicted molar refractivity (Wildman–Crippen MR) is 118 cm³/mol. The van der Waals surface area contributed by atoms with E-state index in [2.05, 4.69) is 4.99 Å². The summed E-state index contributed by atoms with van der Waals surface area (Å²) in [4.78, 5) is 17.4. The fraction of sp³-hybridized carbons (Fsp3) is 0.300. The maximum Gasteiger partial charge on any atom is 0.288 e. The van der Waals surface area contributed by atoms with Crippen LogP contribution in [0.3, 0.4) is 0 Å². The lowest BCUT2D eigenvalue weighted by atomic mass is 10.1. The van der Waals surface area contributed by atoms with E-state index < -0.39 is 38.0 Å². The number of carbonyl (C=O) groups is 1. The van der Waals surface area contributed by atoms with Crippen molar-refractivity contribution in [3.8, 4) is 0 Å². The number of rotatable bonds is 6. The van der Waals surface area contributed by atoms with Crippen molar-refractivity contribution in [2.24, 2.45) is 10.1 Å². The third kappa shape index (κ3) is 4.42. The summed E-state index contributed by atoms with van der Waals surface area (Å²) in [6.07, 6.45) is 0.448. The van der Waals surface area contributed by atoms with Gasteiger partial charge in [-0.15, -0.1) is 10.8 Å². The Morgan fingerprint density at radius 2 is 1.70 bits per heavy atom. The molecule has 8 nitrogen and oxygen atoms in total. The number of carbonyl (C=O) groups excluding carboxylic acids is 1. The van der Waals surface area contributed by atoms with Crippen LogP contribution in [0.5, 0.6) is 0 Å². The summed E-state index contributed by atoms with van der Waals surface area (Å²) in [6.45, 7) is 3.69. The molecule has 2 aromatic rings. The normalized spacial score (nSPS) is 21.4. The molecule has 0 aromatic heterocycles. The third-order valence-electron chi connectivity index (χ3n) is 4.78. The van der Waals surface area contributed by atoms with E-state index >= 15 is 0 Å². The number of hydrogen-bond donors (Lipinski definition) is 3. The molecule has 0 aliphatic carbocycles. The first-order valence-electron chi connectivity index (χ1n) is 9.35. The van der Waals surface area contributed by atoms with Crippen molar-refractivity contribution in [3.63, 3.8) is 0 Å². The van der Waals surface area contributed by atoms with Gasteiger partial charge >= 0.3 is 0 Å². The maximum atomic E-state index is 13.0. The molecule has 4 N–H and O–H groups in total. The molecule has 1 aliphatic heterocycles. The quantitative estimate of drug-likeness (QED) is 0.621. The number of primary sulfonamides is 1. The van der Waals surface area contributed by atoms with E-state index in [-0.39, 0.29) is 17.2 Å². The SMILES string of the molecule is CC(C)N1C(=O)C(=NCCc2ccc(S(N)(=O)=O)cc2)C(c2ccccc2)S1(O)O. The van der Waals surface area contributed by atoms with Crippen LogP contribution >= 0.6 is 10.8 Å². The number of sulfonamides is 1. The average molecular weight is 452 g/mol. The van der Waals surface area contributed by atoms with Gasteiger partial charge in [0.2, 0.25) is 10.0 Å². The fourth-order valence-corrected chi connectivity index (χ4v) is 6.12. The van der Waals surface area contributed by atoms with Gasteiger partial charge in [-0.3, -0.25) is 18.9 Å². The van der Waals surface area contributed by atoms with Crippen molar-refractivity contribution >= 4 is 32.4 Å². The molecule has 1 fully saturated rings. The van der Waals surface area contributed by atoms with E-state index in [9.17, 15) is 22.3 Å². The lowest BCUT2D eigenvalue weighted by Gasteiger charge is -2.42. The van der Waals surface area contributed by atoms with Gasteiger partial charge in [0, 0.05) is 12.6 Å². The third-order valence-corrected chi connectivity index (χ3v) is 8.00. The molecule has 162 valence electrons. The van der Waals surface area contributed by atoms with Crippen LogP contribution in [0.2, 0.25) is 0 Å². The molecule has 2 aromatic carbocycles. The highest BCUT2D eigenvalue weighted by molar-refractivity contribution is 8.24. The van der Waals surface area contributed by atoms with Crippen molar-refractivity contribution in [1.82, 2.24) is 4.31 Å². The lowest BCUT2D eigenvalue weighted by Crippen LogP contribution is -2.34. The van der Waals surface area contributed by atoms with Gasteiger partial charge in [0.25, 0.3) is 5.91 Å². The fourth-order valence-electron chi connectivity index (χ4n) is 3.43. The first-order valence-corrected chi connectivity index (χ1v) is 12.5. The van der Waals surface area contributed by atoms with Crippen LogP contribution in [-0.2, 0) is 21.2 Å². The summed E-state index contributed by atoms with van der Waals surface area (Å²) in [7, 11) is -7.18. The molecule has 3 rings (SSSR count). The summed E-state index contributed by atoms with van der Waals surface area (Å²) in [5.41, 5.74) is 1.56. The van der Waals surface area contributed by atoms with E-state index in [0.29, 0.717) is 12.0 Å². The maximum absolute atomic E-state index is 13.0. The van der Waals surface area contributed by atoms with Gasteiger partial charge in [-0.1, -0.05) is 42.5 Å². The largest absolute Gasteiger partial charge is 0.288 e. The van der Waals surface area contributed by atoms with Gasteiger partial charge in [0.1, 0.15) is 11.0 Å². The Bertz CT molecular complexity index is 1050. The van der Waals surface area contributed by atoms with Crippen LogP contribution in [0.4, 0.5) is 0 Å². The molecule has 1 heterocycles. The van der Waals surface area contributed by atoms with Crippen LogP contribution in [0, 0.1) is 0 Å². The highest BCUT2D eigenvalue weighted by atomic mass is 32.3. The molecule has 1 atom stereocenters. The molecular weight excluding hydrogens is 426 g/mol. The Labute approximate surface area is 178 Å². The summed E-state index contributed by atoms with van der Waals surface area (Å²) in [5, 5.41) is 4.18. The smallest absolute Gasteiger partial charge is 0.281 e. The number of nitrogens with zero attached hydrogens (tertiary/aromatic N) is 2. The minimum absolute atomic E-state index is 0.0224. The van der Waals surface area contributed by atoms with Crippen molar-refractivity contribution in [3.05, 3.63) is 65.7 Å². The average Bonchev–Trinajstić information content (AvgIpc) is 2.87. The highest BCUT2D eigenvalue weighted by Gasteiger charge is 2.51. The molecule has 10 heteroatoms.